The standard InChI is InChI=1S/C9H14N4O3/c1-2-11-7(14)6-12-8(16-13-6)9(10)3-4-15-5-9/h2-5,10H2,1H3,(H,11,14). The van der Waals surface area contributed by atoms with E-state index in [0.717, 1.165) is 0 Å². The molecule has 0 bridgehead atoms. The number of nitrogens with one attached hydrogen (secondary N) is 1. The zero-order valence-electron chi connectivity index (χ0n) is 9.02. The fraction of sp³-hybridized carbons (Fsp3) is 0.667. The van der Waals surface area contributed by atoms with Crippen molar-refractivity contribution in [2.45, 2.75) is 18.9 Å². The molecule has 1 unspecified atom stereocenters. The van der Waals surface area contributed by atoms with E-state index in [1.165, 1.54) is 0 Å². The molecule has 3 N–H and O–H groups in total. The molecule has 1 aromatic heterocycles. The predicted molar refractivity (Wildman–Crippen MR) is 53.6 cm³/mol. The number of ether oxygens (including phenoxy) is 1. The van der Waals surface area contributed by atoms with E-state index in [-0.39, 0.29) is 17.6 Å². The summed E-state index contributed by atoms with van der Waals surface area (Å²) >= 11 is 0. The number of hydrogen-bond donors (Lipinski definition) is 2. The molecule has 16 heavy (non-hydrogen) atoms. The van der Waals surface area contributed by atoms with Gasteiger partial charge >= 0.3 is 0 Å². The van der Waals surface area contributed by atoms with Gasteiger partial charge in [0.05, 0.1) is 6.61 Å². The smallest absolute Gasteiger partial charge is 0.292 e. The number of hydrogen-bond acceptors (Lipinski definition) is 6. The molecule has 7 nitrogen and oxygen atoms in total. The minimum atomic E-state index is -0.752. The van der Waals surface area contributed by atoms with Gasteiger partial charge in [-0.3, -0.25) is 4.79 Å². The number of nitrogens with zero attached hydrogens (tertiary/aromatic N) is 2. The maximum atomic E-state index is 11.4. The Bertz CT molecular complexity index is 384. The molecule has 0 aliphatic carbocycles. The van der Waals surface area contributed by atoms with E-state index in [1.54, 1.807) is 0 Å². The molecule has 1 aliphatic heterocycles. The molecule has 1 fully saturated rings. The molecule has 1 aromatic rings. The van der Waals surface area contributed by atoms with Crippen LogP contribution in [0.5, 0.6) is 0 Å². The largest absolute Gasteiger partial charge is 0.379 e. The Morgan fingerprint density at radius 2 is 2.50 bits per heavy atom. The van der Waals surface area contributed by atoms with Gasteiger partial charge in [-0.05, 0) is 13.3 Å². The number of carbonyl (C=O) groups is 1. The third kappa shape index (κ3) is 1.91. The van der Waals surface area contributed by atoms with Gasteiger partial charge < -0.3 is 20.3 Å². The van der Waals surface area contributed by atoms with Crippen molar-refractivity contribution in [3.05, 3.63) is 11.7 Å². The van der Waals surface area contributed by atoms with Crippen LogP contribution >= 0.6 is 0 Å². The topological polar surface area (TPSA) is 103 Å². The lowest BCUT2D eigenvalue weighted by Crippen LogP contribution is -2.37. The number of amides is 1. The highest BCUT2D eigenvalue weighted by Gasteiger charge is 2.38. The van der Waals surface area contributed by atoms with Crippen molar-refractivity contribution >= 4 is 5.91 Å². The second-order valence-electron chi connectivity index (χ2n) is 3.74. The van der Waals surface area contributed by atoms with E-state index in [1.807, 2.05) is 6.92 Å². The first kappa shape index (κ1) is 11.0. The zero-order chi connectivity index (χ0) is 11.6. The summed E-state index contributed by atoms with van der Waals surface area (Å²) < 4.78 is 10.2. The van der Waals surface area contributed by atoms with Crippen molar-refractivity contribution in [3.8, 4) is 0 Å². The first-order valence-corrected chi connectivity index (χ1v) is 5.15. The summed E-state index contributed by atoms with van der Waals surface area (Å²) in [5.41, 5.74) is 5.26. The van der Waals surface area contributed by atoms with Crippen LogP contribution in [-0.4, -0.2) is 35.8 Å². The van der Waals surface area contributed by atoms with E-state index in [2.05, 4.69) is 15.5 Å². The van der Waals surface area contributed by atoms with Gasteiger partial charge in [-0.2, -0.15) is 4.98 Å². The summed E-state index contributed by atoms with van der Waals surface area (Å²) in [6, 6.07) is 0. The van der Waals surface area contributed by atoms with Crippen LogP contribution < -0.4 is 11.1 Å². The normalized spacial score (nSPS) is 24.6. The van der Waals surface area contributed by atoms with Crippen LogP contribution in [0, 0.1) is 0 Å². The molecule has 88 valence electrons. The SMILES string of the molecule is CCNC(=O)c1noc(C2(N)CCOC2)n1. The molecule has 1 saturated heterocycles. The van der Waals surface area contributed by atoms with Gasteiger partial charge in [-0.25, -0.2) is 0 Å². The lowest BCUT2D eigenvalue weighted by atomic mass is 10.0. The summed E-state index contributed by atoms with van der Waals surface area (Å²) in [7, 11) is 0. The third-order valence-electron chi connectivity index (χ3n) is 2.44. The summed E-state index contributed by atoms with van der Waals surface area (Å²) in [5.74, 6) is -0.0974. The van der Waals surface area contributed by atoms with Crippen molar-refractivity contribution in [1.29, 1.82) is 0 Å². The minimum Gasteiger partial charge on any atom is -0.379 e. The summed E-state index contributed by atoms with van der Waals surface area (Å²) in [5, 5.41) is 6.17. The van der Waals surface area contributed by atoms with Crippen LogP contribution in [0.15, 0.2) is 4.52 Å². The van der Waals surface area contributed by atoms with Crippen molar-refractivity contribution in [3.63, 3.8) is 0 Å². The Labute approximate surface area is 92.3 Å². The zero-order valence-corrected chi connectivity index (χ0v) is 9.02. The molecular formula is C9H14N4O3. The molecule has 0 aromatic carbocycles. The minimum absolute atomic E-state index is 0.00794. The van der Waals surface area contributed by atoms with Gasteiger partial charge in [0, 0.05) is 13.2 Å². The Hall–Kier alpha value is -1.47. The first-order valence-electron chi connectivity index (χ1n) is 5.15. The van der Waals surface area contributed by atoms with Crippen molar-refractivity contribution in [2.24, 2.45) is 5.73 Å². The van der Waals surface area contributed by atoms with E-state index >= 15 is 0 Å². The average molecular weight is 226 g/mol. The Kier molecular flexibility index (Phi) is 2.88. The van der Waals surface area contributed by atoms with Gasteiger partial charge in [-0.15, -0.1) is 0 Å². The Morgan fingerprint density at radius 3 is 3.12 bits per heavy atom. The number of nitrogens with two attached hydrogens (primary N) is 1. The Morgan fingerprint density at radius 1 is 1.69 bits per heavy atom. The van der Waals surface area contributed by atoms with Crippen LogP contribution in [0.2, 0.25) is 0 Å². The summed E-state index contributed by atoms with van der Waals surface area (Å²) in [6.45, 7) is 3.23. The van der Waals surface area contributed by atoms with Crippen LogP contribution in [0.3, 0.4) is 0 Å². The molecule has 7 heteroatoms. The highest BCUT2D eigenvalue weighted by molar-refractivity contribution is 5.90. The summed E-state index contributed by atoms with van der Waals surface area (Å²) in [4.78, 5) is 15.4. The van der Waals surface area contributed by atoms with Gasteiger partial charge in [0.2, 0.25) is 5.89 Å². The van der Waals surface area contributed by atoms with Crippen LogP contribution in [-0.2, 0) is 10.3 Å². The molecule has 2 heterocycles. The number of rotatable bonds is 3. The Balaban J connectivity index is 2.16. The van der Waals surface area contributed by atoms with Crippen LogP contribution in [0.1, 0.15) is 29.9 Å². The van der Waals surface area contributed by atoms with Crippen molar-refractivity contribution in [2.75, 3.05) is 19.8 Å². The van der Waals surface area contributed by atoms with E-state index in [4.69, 9.17) is 15.0 Å². The van der Waals surface area contributed by atoms with Crippen molar-refractivity contribution in [1.82, 2.24) is 15.5 Å². The second kappa shape index (κ2) is 4.18. The van der Waals surface area contributed by atoms with Gasteiger partial charge in [0.25, 0.3) is 11.7 Å². The lowest BCUT2D eigenvalue weighted by Gasteiger charge is -2.14. The van der Waals surface area contributed by atoms with Gasteiger partial charge in [-0.1, -0.05) is 5.16 Å². The molecule has 0 saturated carbocycles. The fourth-order valence-electron chi connectivity index (χ4n) is 1.51. The van der Waals surface area contributed by atoms with Crippen molar-refractivity contribution < 1.29 is 14.1 Å². The molecular weight excluding hydrogens is 212 g/mol. The molecule has 2 rings (SSSR count). The van der Waals surface area contributed by atoms with E-state index < -0.39 is 5.54 Å². The first-order chi connectivity index (χ1) is 7.65. The number of aromatic nitrogens is 2. The predicted octanol–water partition coefficient (Wildman–Crippen LogP) is -0.606. The molecule has 1 amide bonds. The fourth-order valence-corrected chi connectivity index (χ4v) is 1.51. The quantitative estimate of drug-likeness (QED) is 0.712. The average Bonchev–Trinajstić information content (AvgIpc) is 2.86. The third-order valence-corrected chi connectivity index (χ3v) is 2.44. The van der Waals surface area contributed by atoms with Gasteiger partial charge in [0.15, 0.2) is 0 Å². The molecule has 1 atom stereocenters. The second-order valence-corrected chi connectivity index (χ2v) is 3.74. The molecule has 1 aliphatic rings. The van der Waals surface area contributed by atoms with Crippen LogP contribution in [0.4, 0.5) is 0 Å². The highest BCUT2D eigenvalue weighted by Crippen LogP contribution is 2.25. The van der Waals surface area contributed by atoms with E-state index in [0.29, 0.717) is 26.2 Å². The van der Waals surface area contributed by atoms with Gasteiger partial charge in [0.1, 0.15) is 5.54 Å². The van der Waals surface area contributed by atoms with Crippen LogP contribution in [0.25, 0.3) is 0 Å². The summed E-state index contributed by atoms with van der Waals surface area (Å²) in [6.07, 6.45) is 0.615. The molecule has 0 radical (unpaired) electrons. The number of carbonyl (C=O) groups excluding carboxylic acids is 1. The maximum absolute atomic E-state index is 11.4. The molecule has 0 spiro atoms. The lowest BCUT2D eigenvalue weighted by molar-refractivity contribution is 0.0942. The highest BCUT2D eigenvalue weighted by atomic mass is 16.5. The monoisotopic (exact) mass is 226 g/mol. The van der Waals surface area contributed by atoms with E-state index in [9.17, 15) is 4.79 Å². The maximum Gasteiger partial charge on any atom is 0.292 e.